The zero-order valence-electron chi connectivity index (χ0n) is 19.2. The van der Waals surface area contributed by atoms with E-state index in [0.29, 0.717) is 6.54 Å². The molecule has 7 heteroatoms. The standard InChI is InChI=1S/C25H34N4O2S/c1-3-4-9-32-24-28-27-22(29(24)20-5-7-21(31-2)8-6-20)16-26-23(30)25-13-17-10-18(14-25)12-19(11-17)15-25/h5-8,17-19H,3-4,9-16H2,1-2H3,(H,26,30). The van der Waals surface area contributed by atoms with Gasteiger partial charge < -0.3 is 10.1 Å². The number of thioether (sulfide) groups is 1. The molecule has 32 heavy (non-hydrogen) atoms. The number of ether oxygens (including phenoxy) is 1. The highest BCUT2D eigenvalue weighted by Gasteiger charge is 2.54. The van der Waals surface area contributed by atoms with E-state index in [9.17, 15) is 4.79 Å². The normalized spacial score (nSPS) is 28.1. The second kappa shape index (κ2) is 9.08. The Hall–Kier alpha value is -2.02. The second-order valence-electron chi connectivity index (χ2n) is 10.0. The van der Waals surface area contributed by atoms with Crippen LogP contribution in [0.5, 0.6) is 5.75 Å². The van der Waals surface area contributed by atoms with Crippen LogP contribution in [-0.2, 0) is 11.3 Å². The fraction of sp³-hybridized carbons (Fsp3) is 0.640. The molecule has 0 unspecified atom stereocenters. The number of nitrogens with one attached hydrogen (secondary N) is 1. The van der Waals surface area contributed by atoms with Crippen molar-refractivity contribution in [3.8, 4) is 11.4 Å². The highest BCUT2D eigenvalue weighted by molar-refractivity contribution is 7.99. The maximum Gasteiger partial charge on any atom is 0.226 e. The number of amides is 1. The first-order chi connectivity index (χ1) is 15.6. The highest BCUT2D eigenvalue weighted by atomic mass is 32.2. The summed E-state index contributed by atoms with van der Waals surface area (Å²) in [5.74, 6) is 5.13. The fourth-order valence-electron chi connectivity index (χ4n) is 6.54. The van der Waals surface area contributed by atoms with Gasteiger partial charge in [-0.2, -0.15) is 0 Å². The molecule has 1 aromatic carbocycles. The van der Waals surface area contributed by atoms with Gasteiger partial charge in [-0.3, -0.25) is 9.36 Å². The molecule has 4 saturated carbocycles. The van der Waals surface area contributed by atoms with E-state index in [1.165, 1.54) is 19.3 Å². The van der Waals surface area contributed by atoms with Crippen LogP contribution in [-0.4, -0.2) is 33.5 Å². The molecule has 0 atom stereocenters. The fourth-order valence-corrected chi connectivity index (χ4v) is 7.60. The zero-order valence-corrected chi connectivity index (χ0v) is 20.0. The summed E-state index contributed by atoms with van der Waals surface area (Å²) in [5.41, 5.74) is 0.854. The van der Waals surface area contributed by atoms with Crippen molar-refractivity contribution >= 4 is 17.7 Å². The van der Waals surface area contributed by atoms with E-state index in [2.05, 4.69) is 27.0 Å². The average molecular weight is 455 g/mol. The monoisotopic (exact) mass is 454 g/mol. The van der Waals surface area contributed by atoms with Crippen LogP contribution in [0.3, 0.4) is 0 Å². The lowest BCUT2D eigenvalue weighted by Crippen LogP contribution is -2.53. The molecule has 4 aliphatic rings. The Morgan fingerprint density at radius 3 is 2.38 bits per heavy atom. The Labute approximate surface area is 194 Å². The van der Waals surface area contributed by atoms with Crippen LogP contribution in [0.4, 0.5) is 0 Å². The Morgan fingerprint density at radius 2 is 1.78 bits per heavy atom. The third kappa shape index (κ3) is 4.16. The molecule has 1 aromatic heterocycles. The van der Waals surface area contributed by atoms with Crippen molar-refractivity contribution in [1.82, 2.24) is 20.1 Å². The topological polar surface area (TPSA) is 69.0 Å². The molecule has 6 nitrogen and oxygen atoms in total. The van der Waals surface area contributed by atoms with E-state index in [1.54, 1.807) is 18.9 Å². The minimum Gasteiger partial charge on any atom is -0.497 e. The van der Waals surface area contributed by atoms with Gasteiger partial charge in [0.05, 0.1) is 13.7 Å². The summed E-state index contributed by atoms with van der Waals surface area (Å²) in [6, 6.07) is 7.95. The molecule has 0 spiro atoms. The lowest BCUT2D eigenvalue weighted by molar-refractivity contribution is -0.146. The maximum absolute atomic E-state index is 13.4. The molecule has 0 aliphatic heterocycles. The van der Waals surface area contributed by atoms with Gasteiger partial charge in [-0.05, 0) is 87.0 Å². The van der Waals surface area contributed by atoms with E-state index in [4.69, 9.17) is 4.74 Å². The van der Waals surface area contributed by atoms with Gasteiger partial charge in [0.15, 0.2) is 11.0 Å². The summed E-state index contributed by atoms with van der Waals surface area (Å²) >= 11 is 1.72. The first-order valence-electron chi connectivity index (χ1n) is 12.1. The molecule has 4 bridgehead atoms. The molecule has 1 N–H and O–H groups in total. The number of aromatic nitrogens is 3. The summed E-state index contributed by atoms with van der Waals surface area (Å²) in [5, 5.41) is 13.1. The summed E-state index contributed by atoms with van der Waals surface area (Å²) in [7, 11) is 1.67. The summed E-state index contributed by atoms with van der Waals surface area (Å²) in [6.45, 7) is 2.61. The van der Waals surface area contributed by atoms with Crippen molar-refractivity contribution in [2.24, 2.45) is 23.2 Å². The number of methoxy groups -OCH3 is 1. The van der Waals surface area contributed by atoms with E-state index in [1.807, 2.05) is 24.3 Å². The molecule has 1 heterocycles. The van der Waals surface area contributed by atoms with Gasteiger partial charge in [0.1, 0.15) is 5.75 Å². The number of unbranched alkanes of at least 4 members (excludes halogenated alkanes) is 1. The van der Waals surface area contributed by atoms with Gasteiger partial charge in [0.2, 0.25) is 5.91 Å². The van der Waals surface area contributed by atoms with Gasteiger partial charge in [-0.1, -0.05) is 25.1 Å². The number of hydrogen-bond donors (Lipinski definition) is 1. The number of benzene rings is 1. The van der Waals surface area contributed by atoms with Gasteiger partial charge >= 0.3 is 0 Å². The van der Waals surface area contributed by atoms with Crippen LogP contribution < -0.4 is 10.1 Å². The number of hydrogen-bond acceptors (Lipinski definition) is 5. The molecule has 4 fully saturated rings. The van der Waals surface area contributed by atoms with Gasteiger partial charge in [0.25, 0.3) is 0 Å². The van der Waals surface area contributed by atoms with Crippen molar-refractivity contribution in [3.63, 3.8) is 0 Å². The molecular weight excluding hydrogens is 420 g/mol. The van der Waals surface area contributed by atoms with E-state index in [-0.39, 0.29) is 11.3 Å². The first kappa shape index (κ1) is 21.8. The number of carbonyl (C=O) groups is 1. The molecule has 0 radical (unpaired) electrons. The SMILES string of the molecule is CCCCSc1nnc(CNC(=O)C23CC4CC(CC(C4)C2)C3)n1-c1ccc(OC)cc1. The molecule has 2 aromatic rings. The van der Waals surface area contributed by atoms with Crippen molar-refractivity contribution in [2.45, 2.75) is 70.0 Å². The quantitative estimate of drug-likeness (QED) is 0.426. The second-order valence-corrected chi connectivity index (χ2v) is 11.1. The van der Waals surface area contributed by atoms with Gasteiger partial charge in [0, 0.05) is 16.9 Å². The number of rotatable bonds is 9. The third-order valence-corrected chi connectivity index (χ3v) is 8.70. The van der Waals surface area contributed by atoms with Crippen LogP contribution in [0, 0.1) is 23.2 Å². The minimum absolute atomic E-state index is 0.140. The lowest BCUT2D eigenvalue weighted by atomic mass is 9.49. The summed E-state index contributed by atoms with van der Waals surface area (Å²) in [4.78, 5) is 13.4. The number of nitrogens with zero attached hydrogens (tertiary/aromatic N) is 3. The van der Waals surface area contributed by atoms with E-state index < -0.39 is 0 Å². The average Bonchev–Trinajstić information content (AvgIpc) is 3.19. The van der Waals surface area contributed by atoms with Crippen LogP contribution in [0.1, 0.15) is 64.1 Å². The van der Waals surface area contributed by atoms with E-state index >= 15 is 0 Å². The largest absolute Gasteiger partial charge is 0.497 e. The van der Waals surface area contributed by atoms with Crippen molar-refractivity contribution in [3.05, 3.63) is 30.1 Å². The van der Waals surface area contributed by atoms with Crippen molar-refractivity contribution < 1.29 is 9.53 Å². The summed E-state index contributed by atoms with van der Waals surface area (Å²) < 4.78 is 7.40. The Balaban J connectivity index is 1.34. The molecule has 0 saturated heterocycles. The van der Waals surface area contributed by atoms with Crippen LogP contribution in [0.25, 0.3) is 5.69 Å². The lowest BCUT2D eigenvalue weighted by Gasteiger charge is -2.55. The molecule has 172 valence electrons. The van der Waals surface area contributed by atoms with Crippen LogP contribution >= 0.6 is 11.8 Å². The molecular formula is C25H34N4O2S. The van der Waals surface area contributed by atoms with Crippen LogP contribution in [0.2, 0.25) is 0 Å². The Kier molecular flexibility index (Phi) is 6.19. The molecule has 1 amide bonds. The predicted molar refractivity (Wildman–Crippen MR) is 126 cm³/mol. The van der Waals surface area contributed by atoms with Gasteiger partial charge in [-0.15, -0.1) is 10.2 Å². The van der Waals surface area contributed by atoms with Crippen molar-refractivity contribution in [1.29, 1.82) is 0 Å². The number of carbonyl (C=O) groups excluding carboxylic acids is 1. The van der Waals surface area contributed by atoms with Crippen LogP contribution in [0.15, 0.2) is 29.4 Å². The maximum atomic E-state index is 13.4. The van der Waals surface area contributed by atoms with Gasteiger partial charge in [-0.25, -0.2) is 0 Å². The predicted octanol–water partition coefficient (Wildman–Crippen LogP) is 5.00. The van der Waals surface area contributed by atoms with Crippen molar-refractivity contribution in [2.75, 3.05) is 12.9 Å². The Morgan fingerprint density at radius 1 is 1.12 bits per heavy atom. The zero-order chi connectivity index (χ0) is 22.1. The first-order valence-corrected chi connectivity index (χ1v) is 13.1. The summed E-state index contributed by atoms with van der Waals surface area (Å²) in [6.07, 6.45) is 9.55. The highest BCUT2D eigenvalue weighted by Crippen LogP contribution is 2.60. The smallest absolute Gasteiger partial charge is 0.226 e. The van der Waals surface area contributed by atoms with E-state index in [0.717, 1.165) is 78.0 Å². The minimum atomic E-state index is -0.140. The molecule has 4 aliphatic carbocycles. The Bertz CT molecular complexity index is 920. The molecule has 6 rings (SSSR count). The third-order valence-electron chi connectivity index (χ3n) is 7.69.